The maximum Gasteiger partial charge on any atom is 0.335 e. The highest BCUT2D eigenvalue weighted by Gasteiger charge is 2.33. The van der Waals surface area contributed by atoms with Crippen molar-refractivity contribution in [2.24, 2.45) is 0 Å². The van der Waals surface area contributed by atoms with E-state index in [1.54, 1.807) is 0 Å². The van der Waals surface area contributed by atoms with Crippen LogP contribution in [0.25, 0.3) is 21.9 Å². The van der Waals surface area contributed by atoms with Crippen molar-refractivity contribution in [1.82, 2.24) is 4.90 Å². The molecule has 284 valence electrons. The Bertz CT molecular complexity index is 2110. The molecule has 10 nitrogen and oxygen atoms in total. The van der Waals surface area contributed by atoms with Gasteiger partial charge in [-0.3, -0.25) is 14.5 Å². The molecule has 0 radical (unpaired) electrons. The summed E-state index contributed by atoms with van der Waals surface area (Å²) >= 11 is 0. The van der Waals surface area contributed by atoms with E-state index < -0.39 is 11.9 Å². The minimum absolute atomic E-state index is 0.0476. The Hall–Kier alpha value is -5.74. The third-order valence-electron chi connectivity index (χ3n) is 10.5. The molecule has 6 rings (SSSR count). The minimum atomic E-state index is -1.16. The zero-order valence-corrected chi connectivity index (χ0v) is 31.6. The van der Waals surface area contributed by atoms with Crippen LogP contribution in [0.1, 0.15) is 118 Å². The summed E-state index contributed by atoms with van der Waals surface area (Å²) in [5, 5.41) is 22.7. The van der Waals surface area contributed by atoms with Gasteiger partial charge in [-0.2, -0.15) is 0 Å². The van der Waals surface area contributed by atoms with Crippen LogP contribution in [0.2, 0.25) is 0 Å². The van der Waals surface area contributed by atoms with Crippen molar-refractivity contribution in [1.29, 1.82) is 0 Å². The Morgan fingerprint density at radius 3 is 1.89 bits per heavy atom. The number of unbranched alkanes of at least 4 members (excludes halogenated alkanes) is 8. The second-order valence-electron chi connectivity index (χ2n) is 14.5. The SMILES string of the molecule is CCCCCCCCN1C(=O)c2cccc3c([NH2+]CCCCCC[n+]4ccc(-c5cc[n+](Cc6cc(C(=O)O)cc(C(=O)O)c6)cc5)cc4)ccc(c23)C1=O. The molecule has 0 saturated carbocycles. The molecule has 2 aromatic heterocycles. The van der Waals surface area contributed by atoms with E-state index in [0.29, 0.717) is 29.8 Å². The Labute approximate surface area is 322 Å². The maximum absolute atomic E-state index is 13.4. The molecule has 0 spiro atoms. The van der Waals surface area contributed by atoms with Crippen molar-refractivity contribution >= 4 is 40.2 Å². The quantitative estimate of drug-likeness (QED) is 0.0342. The van der Waals surface area contributed by atoms with E-state index in [1.807, 2.05) is 59.4 Å². The summed E-state index contributed by atoms with van der Waals surface area (Å²) in [5.74, 6) is -2.66. The van der Waals surface area contributed by atoms with Crippen molar-refractivity contribution in [3.63, 3.8) is 0 Å². The highest BCUT2D eigenvalue weighted by molar-refractivity contribution is 6.26. The first-order valence-corrected chi connectivity index (χ1v) is 19.6. The third-order valence-corrected chi connectivity index (χ3v) is 10.5. The van der Waals surface area contributed by atoms with Gasteiger partial charge in [-0.25, -0.2) is 18.7 Å². The van der Waals surface area contributed by atoms with Gasteiger partial charge in [0.15, 0.2) is 31.3 Å². The number of pyridine rings is 2. The van der Waals surface area contributed by atoms with Gasteiger partial charge < -0.3 is 15.5 Å². The fraction of sp³-hybridized carbons (Fsp3) is 0.333. The maximum atomic E-state index is 13.4. The molecular weight excluding hydrogens is 693 g/mol. The van der Waals surface area contributed by atoms with Crippen LogP contribution in [-0.2, 0) is 13.1 Å². The van der Waals surface area contributed by atoms with E-state index in [1.165, 1.54) is 42.4 Å². The number of benzene rings is 3. The normalized spacial score (nSPS) is 12.4. The van der Waals surface area contributed by atoms with Gasteiger partial charge in [0.25, 0.3) is 11.8 Å². The lowest BCUT2D eigenvalue weighted by Gasteiger charge is -2.27. The van der Waals surface area contributed by atoms with Crippen LogP contribution >= 0.6 is 0 Å². The number of amides is 2. The van der Waals surface area contributed by atoms with Crippen LogP contribution in [0.3, 0.4) is 0 Å². The highest BCUT2D eigenvalue weighted by atomic mass is 16.4. The fourth-order valence-corrected chi connectivity index (χ4v) is 7.44. The van der Waals surface area contributed by atoms with E-state index >= 15 is 0 Å². The van der Waals surface area contributed by atoms with Crippen molar-refractivity contribution in [3.05, 3.63) is 125 Å². The van der Waals surface area contributed by atoms with Gasteiger partial charge in [0.1, 0.15) is 12.2 Å². The molecule has 0 aliphatic carbocycles. The van der Waals surface area contributed by atoms with Crippen LogP contribution in [0.15, 0.2) is 97.6 Å². The Morgan fingerprint density at radius 2 is 1.24 bits per heavy atom. The average molecular weight is 744 g/mol. The zero-order valence-electron chi connectivity index (χ0n) is 31.6. The summed E-state index contributed by atoms with van der Waals surface area (Å²) in [6.07, 6.45) is 19.0. The van der Waals surface area contributed by atoms with Gasteiger partial charge in [-0.15, -0.1) is 0 Å². The van der Waals surface area contributed by atoms with Crippen LogP contribution in [-0.4, -0.2) is 52.0 Å². The van der Waals surface area contributed by atoms with E-state index in [9.17, 15) is 29.4 Å². The molecule has 55 heavy (non-hydrogen) atoms. The van der Waals surface area contributed by atoms with Gasteiger partial charge in [0, 0.05) is 70.8 Å². The number of aryl methyl sites for hydroxylation is 1. The number of carboxylic acids is 2. The van der Waals surface area contributed by atoms with Crippen molar-refractivity contribution < 1.29 is 43.8 Å². The van der Waals surface area contributed by atoms with Gasteiger partial charge in [0.2, 0.25) is 0 Å². The lowest BCUT2D eigenvalue weighted by molar-refractivity contribution is -0.697. The lowest BCUT2D eigenvalue weighted by atomic mass is 9.92. The van der Waals surface area contributed by atoms with Crippen LogP contribution in [0, 0.1) is 0 Å². The molecule has 2 amide bonds. The molecular formula is C45H51N4O6+3. The molecule has 4 N–H and O–H groups in total. The number of carboxylic acid groups (broad SMARTS) is 2. The first-order chi connectivity index (χ1) is 26.7. The number of rotatable bonds is 20. The molecule has 1 aliphatic rings. The van der Waals surface area contributed by atoms with Gasteiger partial charge in [0.05, 0.1) is 17.7 Å². The third kappa shape index (κ3) is 9.69. The number of imide groups is 1. The second-order valence-corrected chi connectivity index (χ2v) is 14.5. The molecule has 5 aromatic rings. The number of nitrogens with zero attached hydrogens (tertiary/aromatic N) is 3. The predicted molar refractivity (Wildman–Crippen MR) is 209 cm³/mol. The van der Waals surface area contributed by atoms with Crippen molar-refractivity contribution in [2.75, 3.05) is 13.1 Å². The molecule has 0 fully saturated rings. The molecule has 0 atom stereocenters. The number of carbonyl (C=O) groups is 4. The number of hydrogen-bond donors (Lipinski definition) is 3. The van der Waals surface area contributed by atoms with Crippen LogP contribution < -0.4 is 14.5 Å². The summed E-state index contributed by atoms with van der Waals surface area (Å²) in [7, 11) is 0. The standard InChI is InChI=1S/C45H48N4O6/c1-2-3-4-5-7-11-23-49-42(50)38-14-12-13-37-40(16-15-39(41(37)38)43(49)51)46-21-9-6-8-10-22-47-24-17-33(18-25-47)34-19-26-48(27-20-34)31-32-28-35(44(52)53)30-36(29-32)45(54)55/h12-20,24-30H,2-11,21-23,31H2,1H3,(H-2,46,50,51,52,53,54,55)/p+3. The van der Waals surface area contributed by atoms with Crippen LogP contribution in [0.5, 0.6) is 0 Å². The van der Waals surface area contributed by atoms with Gasteiger partial charge >= 0.3 is 11.9 Å². The minimum Gasteiger partial charge on any atom is -0.478 e. The predicted octanol–water partition coefficient (Wildman–Crippen LogP) is 6.94. The summed E-state index contributed by atoms with van der Waals surface area (Å²) in [6.45, 7) is 4.88. The molecule has 0 unspecified atom stereocenters. The summed E-state index contributed by atoms with van der Waals surface area (Å²) in [4.78, 5) is 51.2. The summed E-state index contributed by atoms with van der Waals surface area (Å²) in [5.41, 5.74) is 4.98. The molecule has 3 heterocycles. The molecule has 3 aromatic carbocycles. The number of carbonyl (C=O) groups excluding carboxylic acids is 2. The Kier molecular flexibility index (Phi) is 13.1. The fourth-order valence-electron chi connectivity index (χ4n) is 7.44. The summed E-state index contributed by atoms with van der Waals surface area (Å²) < 4.78 is 4.08. The molecule has 1 aliphatic heterocycles. The number of hydrogen-bond acceptors (Lipinski definition) is 4. The van der Waals surface area contributed by atoms with Crippen LogP contribution in [0.4, 0.5) is 5.69 Å². The van der Waals surface area contributed by atoms with E-state index in [4.69, 9.17) is 0 Å². The monoisotopic (exact) mass is 743 g/mol. The average Bonchev–Trinajstić information content (AvgIpc) is 3.19. The molecule has 10 heteroatoms. The van der Waals surface area contributed by atoms with E-state index in [2.05, 4.69) is 41.3 Å². The van der Waals surface area contributed by atoms with Crippen molar-refractivity contribution in [3.8, 4) is 11.1 Å². The lowest BCUT2D eigenvalue weighted by Crippen LogP contribution is -2.78. The molecule has 0 saturated heterocycles. The van der Waals surface area contributed by atoms with E-state index in [-0.39, 0.29) is 22.9 Å². The highest BCUT2D eigenvalue weighted by Crippen LogP contribution is 2.33. The van der Waals surface area contributed by atoms with Crippen molar-refractivity contribution in [2.45, 2.75) is 84.2 Å². The first-order valence-electron chi connectivity index (χ1n) is 19.6. The zero-order chi connectivity index (χ0) is 38.7. The van der Waals surface area contributed by atoms with Gasteiger partial charge in [-0.05, 0) is 73.2 Å². The molecule has 0 bridgehead atoms. The number of aromatic carboxylic acids is 2. The smallest absolute Gasteiger partial charge is 0.335 e. The van der Waals surface area contributed by atoms with E-state index in [0.717, 1.165) is 85.6 Å². The number of nitrogens with two attached hydrogens (primary N) is 1. The Morgan fingerprint density at radius 1 is 0.655 bits per heavy atom. The number of quaternary nitrogens is 1. The van der Waals surface area contributed by atoms with Gasteiger partial charge in [-0.1, -0.05) is 45.1 Å². The Balaban J connectivity index is 0.940. The first kappa shape index (κ1) is 39.0. The second kappa shape index (κ2) is 18.5. The summed E-state index contributed by atoms with van der Waals surface area (Å²) in [6, 6.07) is 22.1. The largest absolute Gasteiger partial charge is 0.478 e. The number of aromatic nitrogens is 2. The topological polar surface area (TPSA) is 136 Å².